The van der Waals surface area contributed by atoms with Crippen molar-refractivity contribution in [2.45, 2.75) is 19.9 Å². The van der Waals surface area contributed by atoms with Crippen molar-refractivity contribution in [2.24, 2.45) is 0 Å². The van der Waals surface area contributed by atoms with Crippen LogP contribution in [0.4, 0.5) is 14.5 Å². The van der Waals surface area contributed by atoms with E-state index in [-0.39, 0.29) is 5.91 Å². The summed E-state index contributed by atoms with van der Waals surface area (Å²) >= 11 is 0. The third kappa shape index (κ3) is 3.52. The minimum absolute atomic E-state index is 0.340. The summed E-state index contributed by atoms with van der Waals surface area (Å²) in [7, 11) is 0. The van der Waals surface area contributed by atoms with Crippen molar-refractivity contribution in [2.75, 3.05) is 18.0 Å². The van der Waals surface area contributed by atoms with Gasteiger partial charge < -0.3 is 4.90 Å². The van der Waals surface area contributed by atoms with Crippen molar-refractivity contribution in [3.63, 3.8) is 0 Å². The summed E-state index contributed by atoms with van der Waals surface area (Å²) in [6.07, 6.45) is 0.718. The molecule has 1 aliphatic heterocycles. The van der Waals surface area contributed by atoms with E-state index in [4.69, 9.17) is 0 Å². The van der Waals surface area contributed by atoms with Crippen molar-refractivity contribution in [3.05, 3.63) is 65.2 Å². The number of benzene rings is 2. The van der Waals surface area contributed by atoms with E-state index in [1.54, 1.807) is 4.90 Å². The molecule has 0 saturated heterocycles. The molecule has 0 bridgehead atoms. The first-order valence-electron chi connectivity index (χ1n) is 8.04. The average molecular weight is 344 g/mol. The predicted octanol–water partition coefficient (Wildman–Crippen LogP) is 2.90. The summed E-state index contributed by atoms with van der Waals surface area (Å²) in [6.45, 7) is 1.74. The fourth-order valence-corrected chi connectivity index (χ4v) is 3.04. The maximum atomic E-state index is 14.0. The Hall–Kier alpha value is -2.76. The van der Waals surface area contributed by atoms with E-state index in [0.717, 1.165) is 29.0 Å². The van der Waals surface area contributed by atoms with E-state index in [0.29, 0.717) is 13.1 Å². The second-order valence-corrected chi connectivity index (χ2v) is 6.01. The molecule has 2 aromatic rings. The van der Waals surface area contributed by atoms with Crippen molar-refractivity contribution < 1.29 is 18.4 Å². The monoisotopic (exact) mass is 344 g/mol. The van der Waals surface area contributed by atoms with Crippen molar-refractivity contribution >= 4 is 17.5 Å². The number of nitrogens with zero attached hydrogens (tertiary/aromatic N) is 2. The molecule has 0 aromatic heterocycles. The third-order valence-corrected chi connectivity index (χ3v) is 4.36. The Morgan fingerprint density at radius 3 is 2.32 bits per heavy atom. The van der Waals surface area contributed by atoms with Crippen LogP contribution < -0.4 is 4.90 Å². The van der Waals surface area contributed by atoms with Gasteiger partial charge >= 0.3 is 0 Å². The number of rotatable bonds is 3. The molecule has 0 unspecified atom stereocenters. The summed E-state index contributed by atoms with van der Waals surface area (Å²) in [6, 6.07) is 11.2. The number of halogens is 2. The highest BCUT2D eigenvalue weighted by Gasteiger charge is 2.26. The van der Waals surface area contributed by atoms with Crippen LogP contribution in [0.5, 0.6) is 0 Å². The fourth-order valence-electron chi connectivity index (χ4n) is 3.04. The molecule has 1 heterocycles. The second-order valence-electron chi connectivity index (χ2n) is 6.01. The molecular formula is C19H18F2N2O2. The second kappa shape index (κ2) is 7.01. The normalized spacial score (nSPS) is 13.3. The molecular weight excluding hydrogens is 326 g/mol. The van der Waals surface area contributed by atoms with Crippen LogP contribution in [0, 0.1) is 11.6 Å². The topological polar surface area (TPSA) is 40.6 Å². The largest absolute Gasteiger partial charge is 0.336 e. The minimum Gasteiger partial charge on any atom is -0.336 e. The van der Waals surface area contributed by atoms with Gasteiger partial charge in [-0.1, -0.05) is 30.3 Å². The van der Waals surface area contributed by atoms with Crippen LogP contribution in [0.2, 0.25) is 0 Å². The van der Waals surface area contributed by atoms with Gasteiger partial charge in [0.2, 0.25) is 11.8 Å². The average Bonchev–Trinajstić information content (AvgIpc) is 2.60. The lowest BCUT2D eigenvalue weighted by molar-refractivity contribution is -0.132. The van der Waals surface area contributed by atoms with Gasteiger partial charge in [-0.25, -0.2) is 8.78 Å². The maximum Gasteiger partial charge on any atom is 0.242 e. The van der Waals surface area contributed by atoms with Gasteiger partial charge in [-0.2, -0.15) is 0 Å². The molecule has 25 heavy (non-hydrogen) atoms. The van der Waals surface area contributed by atoms with Gasteiger partial charge in [-0.15, -0.1) is 0 Å². The van der Waals surface area contributed by atoms with E-state index < -0.39 is 29.8 Å². The molecule has 130 valence electrons. The van der Waals surface area contributed by atoms with Crippen LogP contribution >= 0.6 is 0 Å². The Bertz CT molecular complexity index is 803. The molecule has 0 radical (unpaired) electrons. The maximum absolute atomic E-state index is 14.0. The van der Waals surface area contributed by atoms with Crippen LogP contribution in [-0.4, -0.2) is 29.8 Å². The highest BCUT2D eigenvalue weighted by atomic mass is 19.1. The highest BCUT2D eigenvalue weighted by Crippen LogP contribution is 2.24. The Kier molecular flexibility index (Phi) is 4.79. The number of carbonyl (C=O) groups is 2. The molecule has 6 heteroatoms. The first-order valence-corrected chi connectivity index (χ1v) is 8.04. The van der Waals surface area contributed by atoms with Crippen LogP contribution in [-0.2, 0) is 22.6 Å². The van der Waals surface area contributed by atoms with Gasteiger partial charge in [0.05, 0.1) is 0 Å². The van der Waals surface area contributed by atoms with Crippen LogP contribution in [0.25, 0.3) is 0 Å². The quantitative estimate of drug-likeness (QED) is 0.859. The van der Waals surface area contributed by atoms with Gasteiger partial charge in [-0.3, -0.25) is 14.5 Å². The van der Waals surface area contributed by atoms with E-state index in [2.05, 4.69) is 0 Å². The molecule has 2 amide bonds. The SMILES string of the molecule is CC(=O)N(CC(=O)N1CCc2ccccc2C1)c1c(F)cccc1F. The van der Waals surface area contributed by atoms with E-state index in [1.165, 1.54) is 18.6 Å². The lowest BCUT2D eigenvalue weighted by Gasteiger charge is -2.31. The molecule has 3 rings (SSSR count). The number of carbonyl (C=O) groups excluding carboxylic acids is 2. The Morgan fingerprint density at radius 2 is 1.68 bits per heavy atom. The fraction of sp³-hybridized carbons (Fsp3) is 0.263. The summed E-state index contributed by atoms with van der Waals surface area (Å²) in [5.41, 5.74) is 1.75. The Morgan fingerprint density at radius 1 is 1.04 bits per heavy atom. The lowest BCUT2D eigenvalue weighted by atomic mass is 10.00. The molecule has 0 atom stereocenters. The van der Waals surface area contributed by atoms with Gasteiger partial charge in [0.25, 0.3) is 0 Å². The molecule has 0 N–H and O–H groups in total. The smallest absolute Gasteiger partial charge is 0.242 e. The zero-order valence-electron chi connectivity index (χ0n) is 13.8. The number of para-hydroxylation sites is 1. The van der Waals surface area contributed by atoms with Gasteiger partial charge in [0, 0.05) is 20.0 Å². The lowest BCUT2D eigenvalue weighted by Crippen LogP contribution is -2.44. The summed E-state index contributed by atoms with van der Waals surface area (Å²) in [4.78, 5) is 27.0. The minimum atomic E-state index is -0.869. The zero-order valence-corrected chi connectivity index (χ0v) is 13.8. The molecule has 0 spiro atoms. The number of hydrogen-bond donors (Lipinski definition) is 0. The highest BCUT2D eigenvalue weighted by molar-refractivity contribution is 5.97. The molecule has 1 aliphatic rings. The van der Waals surface area contributed by atoms with Crippen molar-refractivity contribution in [1.29, 1.82) is 0 Å². The predicted molar refractivity (Wildman–Crippen MR) is 89.9 cm³/mol. The Balaban J connectivity index is 1.80. The molecule has 0 saturated carbocycles. The van der Waals surface area contributed by atoms with Gasteiger partial charge in [-0.05, 0) is 29.7 Å². The van der Waals surface area contributed by atoms with Gasteiger partial charge in [0.15, 0.2) is 0 Å². The summed E-state index contributed by atoms with van der Waals surface area (Å²) in [5, 5.41) is 0. The van der Waals surface area contributed by atoms with E-state index in [9.17, 15) is 18.4 Å². The number of hydrogen-bond acceptors (Lipinski definition) is 2. The van der Waals surface area contributed by atoms with E-state index >= 15 is 0 Å². The molecule has 2 aromatic carbocycles. The van der Waals surface area contributed by atoms with Crippen LogP contribution in [0.3, 0.4) is 0 Å². The van der Waals surface area contributed by atoms with Crippen molar-refractivity contribution in [1.82, 2.24) is 4.90 Å². The standard InChI is InChI=1S/C19H18F2N2O2/c1-13(24)23(19-16(20)7-4-8-17(19)21)12-18(25)22-10-9-14-5-2-3-6-15(14)11-22/h2-8H,9-12H2,1H3. The van der Waals surface area contributed by atoms with Crippen molar-refractivity contribution in [3.8, 4) is 0 Å². The van der Waals surface area contributed by atoms with Crippen LogP contribution in [0.15, 0.2) is 42.5 Å². The number of anilines is 1. The molecule has 0 fully saturated rings. The summed E-state index contributed by atoms with van der Waals surface area (Å²) in [5.74, 6) is -2.67. The summed E-state index contributed by atoms with van der Waals surface area (Å²) < 4.78 is 28.0. The Labute approximate surface area is 144 Å². The first kappa shape index (κ1) is 17.1. The molecule has 4 nitrogen and oxygen atoms in total. The number of amides is 2. The van der Waals surface area contributed by atoms with E-state index in [1.807, 2.05) is 24.3 Å². The third-order valence-electron chi connectivity index (χ3n) is 4.36. The molecule has 0 aliphatic carbocycles. The van der Waals surface area contributed by atoms with Crippen LogP contribution in [0.1, 0.15) is 18.1 Å². The number of fused-ring (bicyclic) bond motifs is 1. The zero-order chi connectivity index (χ0) is 18.0. The van der Waals surface area contributed by atoms with Gasteiger partial charge in [0.1, 0.15) is 23.9 Å². The first-order chi connectivity index (χ1) is 12.0.